The van der Waals surface area contributed by atoms with E-state index in [-0.39, 0.29) is 5.56 Å². The van der Waals surface area contributed by atoms with Crippen molar-refractivity contribution in [2.45, 2.75) is 19.4 Å². The molecule has 0 heterocycles. The zero-order valence-corrected chi connectivity index (χ0v) is 9.85. The number of rotatable bonds is 2. The van der Waals surface area contributed by atoms with Gasteiger partial charge in [-0.2, -0.15) is 0 Å². The van der Waals surface area contributed by atoms with Crippen LogP contribution in [0, 0.1) is 5.82 Å². The lowest BCUT2D eigenvalue weighted by molar-refractivity contribution is 0.0744. The van der Waals surface area contributed by atoms with Gasteiger partial charge in [-0.05, 0) is 35.8 Å². The molecular weight excluding hydrogens is 253 g/mol. The molecule has 0 bridgehead atoms. The highest BCUT2D eigenvalue weighted by Gasteiger charge is 2.22. The van der Waals surface area contributed by atoms with Crippen LogP contribution in [-0.4, -0.2) is 12.2 Å². The minimum Gasteiger partial charge on any atom is -0.495 e. The second-order valence-corrected chi connectivity index (χ2v) is 4.38. The topological polar surface area (TPSA) is 29.5 Å². The van der Waals surface area contributed by atoms with Gasteiger partial charge in [-0.1, -0.05) is 0 Å². The zero-order chi connectivity index (χ0) is 10.9. The molecule has 1 aromatic carbocycles. The van der Waals surface area contributed by atoms with Gasteiger partial charge in [-0.3, -0.25) is 0 Å². The molecule has 14 heavy (non-hydrogen) atoms. The smallest absolute Gasteiger partial charge is 0.135 e. The maximum absolute atomic E-state index is 13.5. The van der Waals surface area contributed by atoms with E-state index in [1.165, 1.54) is 33.1 Å². The van der Waals surface area contributed by atoms with Crippen LogP contribution in [0.25, 0.3) is 0 Å². The third-order valence-corrected chi connectivity index (χ3v) is 2.52. The van der Waals surface area contributed by atoms with Crippen LogP contribution in [0.2, 0.25) is 0 Å². The van der Waals surface area contributed by atoms with Crippen LogP contribution in [0.15, 0.2) is 16.6 Å². The van der Waals surface area contributed by atoms with Crippen LogP contribution >= 0.6 is 15.9 Å². The van der Waals surface area contributed by atoms with Gasteiger partial charge in [-0.25, -0.2) is 4.39 Å². The normalized spacial score (nSPS) is 15.0. The molecule has 0 aromatic heterocycles. The van der Waals surface area contributed by atoms with E-state index in [0.29, 0.717) is 10.2 Å². The Balaban J connectivity index is 3.29. The average Bonchev–Trinajstić information content (AvgIpc) is 2.06. The number of hydrogen-bond donors (Lipinski definition) is 1. The van der Waals surface area contributed by atoms with E-state index in [2.05, 4.69) is 15.9 Å². The van der Waals surface area contributed by atoms with Gasteiger partial charge in [-0.15, -0.1) is 0 Å². The van der Waals surface area contributed by atoms with Crippen molar-refractivity contribution >= 4 is 15.9 Å². The van der Waals surface area contributed by atoms with Crippen LogP contribution in [0.5, 0.6) is 5.75 Å². The quantitative estimate of drug-likeness (QED) is 0.833. The Kier molecular flexibility index (Phi) is 3.17. The Labute approximate surface area is 90.8 Å². The summed E-state index contributed by atoms with van der Waals surface area (Å²) < 4.78 is 19.0. The average molecular weight is 265 g/mol. The van der Waals surface area contributed by atoms with Crippen molar-refractivity contribution in [1.82, 2.24) is 0 Å². The first-order valence-corrected chi connectivity index (χ1v) is 4.91. The third-order valence-electron chi connectivity index (χ3n) is 1.90. The van der Waals surface area contributed by atoms with Crippen molar-refractivity contribution in [3.05, 3.63) is 28.0 Å². The van der Waals surface area contributed by atoms with Gasteiger partial charge in [0.25, 0.3) is 0 Å². The fourth-order valence-electron chi connectivity index (χ4n) is 1.15. The first kappa shape index (κ1) is 11.5. The van der Waals surface area contributed by atoms with Crippen LogP contribution in [0.3, 0.4) is 0 Å². The van der Waals surface area contributed by atoms with Crippen molar-refractivity contribution in [2.24, 2.45) is 0 Å². The van der Waals surface area contributed by atoms with Crippen molar-refractivity contribution in [3.8, 4) is 5.75 Å². The molecule has 0 radical (unpaired) electrons. The molecule has 0 aliphatic rings. The molecule has 1 aromatic rings. The highest BCUT2D eigenvalue weighted by Crippen LogP contribution is 2.32. The summed E-state index contributed by atoms with van der Waals surface area (Å²) in [5.74, 6) is -0.0620. The molecule has 0 amide bonds. The second kappa shape index (κ2) is 3.87. The number of methoxy groups -OCH3 is 1. The minimum atomic E-state index is -1.20. The molecule has 1 unspecified atom stereocenters. The number of hydrogen-bond acceptors (Lipinski definition) is 2. The fraction of sp³-hybridized carbons (Fsp3) is 0.400. The molecule has 0 fully saturated rings. The molecule has 0 aliphatic heterocycles. The molecule has 2 nitrogen and oxygen atoms in total. The Morgan fingerprint density at radius 3 is 2.43 bits per heavy atom. The summed E-state index contributed by atoms with van der Waals surface area (Å²) in [6.45, 7) is 3.06. The lowest BCUT2D eigenvalue weighted by atomic mass is 10.2. The van der Waals surface area contributed by atoms with E-state index in [0.717, 1.165) is 0 Å². The summed E-state index contributed by atoms with van der Waals surface area (Å²) in [5.41, 5.74) is -0.955. The molecule has 1 N–H and O–H groups in total. The summed E-state index contributed by atoms with van der Waals surface area (Å²) in [4.78, 5) is 0. The predicted molar refractivity (Wildman–Crippen MR) is 55.9 cm³/mol. The first-order chi connectivity index (χ1) is 6.36. The van der Waals surface area contributed by atoms with Gasteiger partial charge in [0.05, 0.1) is 17.2 Å². The number of halogens is 2. The van der Waals surface area contributed by atoms with Gasteiger partial charge in [0, 0.05) is 11.6 Å². The highest BCUT2D eigenvalue weighted by atomic mass is 79.9. The SMILES string of the molecule is COc1cc(F)c([13C](C)([13CH3])O)cc1Br. The molecular formula is C10H12BrFO2. The Morgan fingerprint density at radius 1 is 1.43 bits per heavy atom. The second-order valence-electron chi connectivity index (χ2n) is 3.53. The summed E-state index contributed by atoms with van der Waals surface area (Å²) in [6.07, 6.45) is 0. The zero-order valence-electron chi connectivity index (χ0n) is 8.27. The molecule has 0 saturated carbocycles. The van der Waals surface area contributed by atoms with Crippen LogP contribution in [0.4, 0.5) is 4.39 Å². The Hall–Kier alpha value is -0.610. The summed E-state index contributed by atoms with van der Waals surface area (Å²) in [6, 6.07) is 2.77. The van der Waals surface area contributed by atoms with Gasteiger partial charge in [0.15, 0.2) is 0 Å². The number of ether oxygens (including phenoxy) is 1. The number of aliphatic hydroxyl groups is 1. The maximum Gasteiger partial charge on any atom is 0.135 e. The van der Waals surface area contributed by atoms with E-state index in [1.54, 1.807) is 0 Å². The van der Waals surface area contributed by atoms with Crippen LogP contribution in [0.1, 0.15) is 19.4 Å². The third kappa shape index (κ3) is 2.25. The minimum absolute atomic E-state index is 0.241. The fourth-order valence-corrected chi connectivity index (χ4v) is 1.66. The van der Waals surface area contributed by atoms with Crippen LogP contribution in [-0.2, 0) is 5.60 Å². The van der Waals surface area contributed by atoms with Crippen LogP contribution < -0.4 is 4.74 Å². The first-order valence-electron chi connectivity index (χ1n) is 4.12. The van der Waals surface area contributed by atoms with Crippen molar-refractivity contribution in [3.63, 3.8) is 0 Å². The predicted octanol–water partition coefficient (Wildman–Crippen LogP) is 2.82. The number of benzene rings is 1. The standard InChI is InChI=1S/C10H12BrFO2/c1-10(2,13)6-4-7(11)9(14-3)5-8(6)12/h4-5,13H,1-3H3/i1+1,10+1. The molecule has 0 aliphatic carbocycles. The summed E-state index contributed by atoms with van der Waals surface area (Å²) in [5, 5.41) is 9.66. The Morgan fingerprint density at radius 2 is 2.00 bits per heavy atom. The molecule has 0 spiro atoms. The van der Waals surface area contributed by atoms with Crippen molar-refractivity contribution in [2.75, 3.05) is 7.11 Å². The monoisotopic (exact) mass is 264 g/mol. The van der Waals surface area contributed by atoms with Gasteiger partial charge in [0.1, 0.15) is 11.6 Å². The molecule has 1 rings (SSSR count). The molecule has 1 atom stereocenters. The maximum atomic E-state index is 13.5. The van der Waals surface area contributed by atoms with Gasteiger partial charge >= 0.3 is 0 Å². The van der Waals surface area contributed by atoms with Crippen molar-refractivity contribution < 1.29 is 14.2 Å². The summed E-state index contributed by atoms with van der Waals surface area (Å²) in [7, 11) is 1.46. The summed E-state index contributed by atoms with van der Waals surface area (Å²) >= 11 is 3.23. The molecule has 0 saturated heterocycles. The van der Waals surface area contributed by atoms with E-state index >= 15 is 0 Å². The van der Waals surface area contributed by atoms with Gasteiger partial charge < -0.3 is 9.84 Å². The van der Waals surface area contributed by atoms with Gasteiger partial charge in [0.2, 0.25) is 0 Å². The highest BCUT2D eigenvalue weighted by molar-refractivity contribution is 9.10. The van der Waals surface area contributed by atoms with E-state index in [1.807, 2.05) is 0 Å². The van der Waals surface area contributed by atoms with E-state index in [4.69, 9.17) is 4.74 Å². The molecule has 4 heteroatoms. The van der Waals surface area contributed by atoms with E-state index in [9.17, 15) is 9.50 Å². The lowest BCUT2D eigenvalue weighted by Gasteiger charge is -2.19. The van der Waals surface area contributed by atoms with E-state index < -0.39 is 11.4 Å². The molecule has 78 valence electrons. The Bertz CT molecular complexity index is 345. The lowest BCUT2D eigenvalue weighted by Crippen LogP contribution is -2.17. The van der Waals surface area contributed by atoms with Crippen molar-refractivity contribution in [1.29, 1.82) is 0 Å². The largest absolute Gasteiger partial charge is 0.495 e.